The molecule has 0 saturated heterocycles. The van der Waals surface area contributed by atoms with Gasteiger partial charge in [-0.1, -0.05) is 13.8 Å². The third kappa shape index (κ3) is 2.94. The molecule has 0 fully saturated rings. The molecule has 0 aliphatic heterocycles. The van der Waals surface area contributed by atoms with Crippen molar-refractivity contribution in [2.24, 2.45) is 10.8 Å². The Balaban J connectivity index is 4.95. The van der Waals surface area contributed by atoms with Crippen LogP contribution in [-0.4, -0.2) is 22.2 Å². The smallest absolute Gasteiger partial charge is 0.309 e. The summed E-state index contributed by atoms with van der Waals surface area (Å²) in [5, 5.41) is 18.2. The first kappa shape index (κ1) is 13.9. The third-order valence-electron chi connectivity index (χ3n) is 3.37. The topological polar surface area (TPSA) is 74.6 Å². The van der Waals surface area contributed by atoms with Gasteiger partial charge < -0.3 is 10.2 Å². The molecule has 0 spiro atoms. The largest absolute Gasteiger partial charge is 0.481 e. The van der Waals surface area contributed by atoms with Gasteiger partial charge in [-0.15, -0.1) is 0 Å². The Morgan fingerprint density at radius 2 is 1.20 bits per heavy atom. The molecule has 0 aromatic heterocycles. The van der Waals surface area contributed by atoms with E-state index in [1.165, 1.54) is 0 Å². The average molecular weight is 216 g/mol. The highest BCUT2D eigenvalue weighted by Gasteiger charge is 2.42. The number of carboxylic acids is 2. The number of aliphatic carboxylic acids is 2. The van der Waals surface area contributed by atoms with Crippen molar-refractivity contribution < 1.29 is 19.8 Å². The van der Waals surface area contributed by atoms with E-state index in [0.29, 0.717) is 12.8 Å². The zero-order valence-electron chi connectivity index (χ0n) is 9.83. The standard InChI is InChI=1S/C11H20O4/c1-5-10(3,8(12)13)7-11(4,6-2)9(14)15/h5-7H2,1-4H3,(H,12,13)(H,14,15)/t10-,11?/m1/s1. The predicted octanol–water partition coefficient (Wildman–Crippen LogP) is 2.38. The lowest BCUT2D eigenvalue weighted by atomic mass is 9.70. The molecule has 0 aliphatic rings. The maximum Gasteiger partial charge on any atom is 0.309 e. The molecule has 0 saturated carbocycles. The molecule has 0 amide bonds. The number of hydrogen-bond acceptors (Lipinski definition) is 2. The molecule has 2 N–H and O–H groups in total. The Morgan fingerprint density at radius 1 is 0.933 bits per heavy atom. The summed E-state index contributed by atoms with van der Waals surface area (Å²) < 4.78 is 0. The summed E-state index contributed by atoms with van der Waals surface area (Å²) in [6.45, 7) is 6.75. The van der Waals surface area contributed by atoms with Crippen LogP contribution in [0.1, 0.15) is 47.0 Å². The maximum atomic E-state index is 11.1. The van der Waals surface area contributed by atoms with Crippen LogP contribution in [0.4, 0.5) is 0 Å². The van der Waals surface area contributed by atoms with Gasteiger partial charge in [-0.05, 0) is 33.1 Å². The Hall–Kier alpha value is -1.06. The minimum absolute atomic E-state index is 0.164. The molecule has 0 bridgehead atoms. The van der Waals surface area contributed by atoms with E-state index in [0.717, 1.165) is 0 Å². The molecule has 0 rings (SSSR count). The van der Waals surface area contributed by atoms with Crippen molar-refractivity contribution in [3.8, 4) is 0 Å². The fraction of sp³-hybridized carbons (Fsp3) is 0.818. The Kier molecular flexibility index (Phi) is 4.31. The van der Waals surface area contributed by atoms with E-state index in [1.54, 1.807) is 27.7 Å². The molecule has 0 heterocycles. The minimum Gasteiger partial charge on any atom is -0.481 e. The van der Waals surface area contributed by atoms with Gasteiger partial charge in [0.15, 0.2) is 0 Å². The van der Waals surface area contributed by atoms with Crippen LogP contribution in [-0.2, 0) is 9.59 Å². The normalized spacial score (nSPS) is 18.9. The Morgan fingerprint density at radius 3 is 1.33 bits per heavy atom. The van der Waals surface area contributed by atoms with Crippen molar-refractivity contribution in [2.45, 2.75) is 47.0 Å². The van der Waals surface area contributed by atoms with Crippen molar-refractivity contribution in [1.29, 1.82) is 0 Å². The zero-order chi connectivity index (χ0) is 12.3. The van der Waals surface area contributed by atoms with E-state index in [4.69, 9.17) is 10.2 Å². The van der Waals surface area contributed by atoms with E-state index in [2.05, 4.69) is 0 Å². The van der Waals surface area contributed by atoms with Crippen molar-refractivity contribution in [2.75, 3.05) is 0 Å². The van der Waals surface area contributed by atoms with Crippen molar-refractivity contribution >= 4 is 11.9 Å². The second-order valence-electron chi connectivity index (χ2n) is 4.62. The second kappa shape index (κ2) is 4.64. The van der Waals surface area contributed by atoms with Gasteiger partial charge in [-0.2, -0.15) is 0 Å². The lowest BCUT2D eigenvalue weighted by Crippen LogP contribution is -2.38. The van der Waals surface area contributed by atoms with Crippen molar-refractivity contribution in [3.05, 3.63) is 0 Å². The highest BCUT2D eigenvalue weighted by Crippen LogP contribution is 2.39. The van der Waals surface area contributed by atoms with Gasteiger partial charge in [0.25, 0.3) is 0 Å². The van der Waals surface area contributed by atoms with Crippen LogP contribution in [0.5, 0.6) is 0 Å². The number of carbonyl (C=O) groups is 2. The van der Waals surface area contributed by atoms with Crippen molar-refractivity contribution in [3.63, 3.8) is 0 Å². The minimum atomic E-state index is -0.955. The van der Waals surface area contributed by atoms with Gasteiger partial charge in [0.1, 0.15) is 0 Å². The molecule has 4 nitrogen and oxygen atoms in total. The first-order valence-corrected chi connectivity index (χ1v) is 5.18. The molecule has 0 radical (unpaired) electrons. The molecule has 2 atom stereocenters. The number of rotatable bonds is 6. The second-order valence-corrected chi connectivity index (χ2v) is 4.62. The maximum absolute atomic E-state index is 11.1. The summed E-state index contributed by atoms with van der Waals surface area (Å²) in [4.78, 5) is 22.2. The fourth-order valence-electron chi connectivity index (χ4n) is 1.56. The van der Waals surface area contributed by atoms with Crippen LogP contribution in [0.2, 0.25) is 0 Å². The summed E-state index contributed by atoms with van der Waals surface area (Å²) in [6, 6.07) is 0. The van der Waals surface area contributed by atoms with Crippen LogP contribution >= 0.6 is 0 Å². The highest BCUT2D eigenvalue weighted by atomic mass is 16.4. The van der Waals surface area contributed by atoms with Gasteiger partial charge >= 0.3 is 11.9 Å². The van der Waals surface area contributed by atoms with E-state index < -0.39 is 22.8 Å². The number of hydrogen-bond donors (Lipinski definition) is 2. The van der Waals surface area contributed by atoms with E-state index >= 15 is 0 Å². The van der Waals surface area contributed by atoms with Crippen molar-refractivity contribution in [1.82, 2.24) is 0 Å². The van der Waals surface area contributed by atoms with Crippen LogP contribution < -0.4 is 0 Å². The van der Waals surface area contributed by atoms with Gasteiger partial charge in [0, 0.05) is 0 Å². The molecule has 0 aromatic carbocycles. The molecule has 88 valence electrons. The van der Waals surface area contributed by atoms with Gasteiger partial charge in [0.2, 0.25) is 0 Å². The van der Waals surface area contributed by atoms with Crippen LogP contribution in [0.15, 0.2) is 0 Å². The monoisotopic (exact) mass is 216 g/mol. The fourth-order valence-corrected chi connectivity index (χ4v) is 1.56. The zero-order valence-corrected chi connectivity index (χ0v) is 9.83. The quantitative estimate of drug-likeness (QED) is 0.714. The lowest BCUT2D eigenvalue weighted by molar-refractivity contribution is -0.156. The molecule has 4 heteroatoms. The lowest BCUT2D eigenvalue weighted by Gasteiger charge is -2.32. The van der Waals surface area contributed by atoms with Gasteiger partial charge in [-0.25, -0.2) is 0 Å². The first-order chi connectivity index (χ1) is 6.72. The van der Waals surface area contributed by atoms with Gasteiger partial charge in [0.05, 0.1) is 10.8 Å². The van der Waals surface area contributed by atoms with E-state index in [-0.39, 0.29) is 6.42 Å². The third-order valence-corrected chi connectivity index (χ3v) is 3.37. The summed E-state index contributed by atoms with van der Waals surface area (Å²) in [5.41, 5.74) is -1.91. The summed E-state index contributed by atoms with van der Waals surface area (Å²) >= 11 is 0. The summed E-state index contributed by atoms with van der Waals surface area (Å²) in [6.07, 6.45) is 1.04. The van der Waals surface area contributed by atoms with Crippen LogP contribution in [0, 0.1) is 10.8 Å². The predicted molar refractivity (Wildman–Crippen MR) is 56.7 cm³/mol. The van der Waals surface area contributed by atoms with E-state index in [1.807, 2.05) is 0 Å². The van der Waals surface area contributed by atoms with E-state index in [9.17, 15) is 9.59 Å². The average Bonchev–Trinajstić information content (AvgIpc) is 2.16. The Labute approximate surface area is 90.3 Å². The molecule has 0 aliphatic carbocycles. The van der Waals surface area contributed by atoms with Crippen LogP contribution in [0.3, 0.4) is 0 Å². The summed E-state index contributed by atoms with van der Waals surface area (Å²) in [5.74, 6) is -1.85. The van der Waals surface area contributed by atoms with Gasteiger partial charge in [-0.3, -0.25) is 9.59 Å². The highest BCUT2D eigenvalue weighted by molar-refractivity contribution is 5.78. The van der Waals surface area contributed by atoms with Crippen LogP contribution in [0.25, 0.3) is 0 Å². The molecule has 1 unspecified atom stereocenters. The molecule has 15 heavy (non-hydrogen) atoms. The first-order valence-electron chi connectivity index (χ1n) is 5.18. The number of carboxylic acid groups (broad SMARTS) is 2. The molecular formula is C11H20O4. The molecular weight excluding hydrogens is 196 g/mol. The Bertz CT molecular complexity index is 235. The summed E-state index contributed by atoms with van der Waals surface area (Å²) in [7, 11) is 0. The SMILES string of the molecule is CCC(C)(C[C@@](C)(CC)C(=O)O)C(=O)O. The molecule has 0 aromatic rings.